The lowest BCUT2D eigenvalue weighted by Crippen LogP contribution is -2.51. The van der Waals surface area contributed by atoms with E-state index in [9.17, 15) is 0 Å². The number of hydrogen-bond acceptors (Lipinski definition) is 1. The molecule has 2 aromatic rings. The number of aryl methyl sites for hydroxylation is 2. The number of aromatic nitrogens is 1. The molecule has 2 aliphatic rings. The summed E-state index contributed by atoms with van der Waals surface area (Å²) in [5, 5.41) is 1.99. The molecule has 0 saturated heterocycles. The van der Waals surface area contributed by atoms with E-state index in [4.69, 9.17) is 0 Å². The molecule has 0 bridgehead atoms. The molecule has 4 heterocycles. The van der Waals surface area contributed by atoms with Crippen LogP contribution < -0.4 is 0 Å². The van der Waals surface area contributed by atoms with E-state index in [2.05, 4.69) is 15.9 Å². The summed E-state index contributed by atoms with van der Waals surface area (Å²) in [5.74, 6) is 0. The third kappa shape index (κ3) is 1.94. The summed E-state index contributed by atoms with van der Waals surface area (Å²) >= 11 is 5.06. The molecule has 0 spiro atoms. The van der Waals surface area contributed by atoms with E-state index in [-0.39, 0.29) is 0 Å². The Balaban J connectivity index is 2.19. The van der Waals surface area contributed by atoms with Crippen LogP contribution in [0.3, 0.4) is 0 Å². The first-order valence-corrected chi connectivity index (χ1v) is 9.42. The fourth-order valence-corrected chi connectivity index (χ4v) is 5.45. The second kappa shape index (κ2) is 5.02. The predicted molar refractivity (Wildman–Crippen MR) is 100 cm³/mol. The average molecular weight is 409 g/mol. The third-order valence-electron chi connectivity index (χ3n) is 4.75. The number of halogens is 3. The van der Waals surface area contributed by atoms with Gasteiger partial charge in [0.15, 0.2) is 5.70 Å². The van der Waals surface area contributed by atoms with Crippen molar-refractivity contribution in [1.82, 2.24) is 4.48 Å². The molecule has 4 rings (SSSR count). The maximum atomic E-state index is 15.4. The van der Waals surface area contributed by atoms with Crippen molar-refractivity contribution in [2.24, 2.45) is 0 Å². The lowest BCUT2D eigenvalue weighted by Gasteiger charge is -2.33. The lowest BCUT2D eigenvalue weighted by molar-refractivity contribution is -0.363. The number of rotatable bonds is 1. The average Bonchev–Trinajstić information content (AvgIpc) is 3.10. The zero-order valence-electron chi connectivity index (χ0n) is 13.8. The van der Waals surface area contributed by atoms with Crippen LogP contribution in [0.2, 0.25) is 0 Å². The van der Waals surface area contributed by atoms with Gasteiger partial charge >= 0.3 is 6.97 Å². The van der Waals surface area contributed by atoms with E-state index in [1.807, 2.05) is 37.4 Å². The van der Waals surface area contributed by atoms with Crippen LogP contribution in [0.5, 0.6) is 0 Å². The highest BCUT2D eigenvalue weighted by molar-refractivity contribution is 9.10. The number of thiophene rings is 1. The van der Waals surface area contributed by atoms with Crippen molar-refractivity contribution in [2.45, 2.75) is 27.7 Å². The zero-order chi connectivity index (χ0) is 17.4. The van der Waals surface area contributed by atoms with Crippen molar-refractivity contribution in [3.05, 3.63) is 61.2 Å². The van der Waals surface area contributed by atoms with Gasteiger partial charge in [0.25, 0.3) is 0 Å². The first-order valence-electron chi connectivity index (χ1n) is 7.75. The summed E-state index contributed by atoms with van der Waals surface area (Å²) in [7, 11) is 0. The maximum Gasteiger partial charge on any atom is 0.737 e. The summed E-state index contributed by atoms with van der Waals surface area (Å²) < 4.78 is 34.2. The van der Waals surface area contributed by atoms with Gasteiger partial charge in [0.2, 0.25) is 0 Å². The van der Waals surface area contributed by atoms with Crippen LogP contribution in [-0.4, -0.2) is 21.6 Å². The molecule has 2 aromatic heterocycles. The van der Waals surface area contributed by atoms with Gasteiger partial charge in [0.05, 0.1) is 5.57 Å². The van der Waals surface area contributed by atoms with Crippen molar-refractivity contribution < 1.29 is 13.1 Å². The van der Waals surface area contributed by atoms with Crippen molar-refractivity contribution >= 4 is 45.5 Å². The quantitative estimate of drug-likeness (QED) is 0.561. The van der Waals surface area contributed by atoms with E-state index in [0.29, 0.717) is 22.8 Å². The highest BCUT2D eigenvalue weighted by atomic mass is 79.9. The van der Waals surface area contributed by atoms with Crippen molar-refractivity contribution in [3.8, 4) is 0 Å². The molecule has 0 atom stereocenters. The molecule has 2 nitrogen and oxygen atoms in total. The minimum atomic E-state index is -3.89. The SMILES string of the molecule is CC1=CC(C)=[N+]2C1=C(c1cc(Br)cs1)c1c(C)cc(C)n1[B-]2(F)F. The molecule has 2 aliphatic heterocycles. The standard InChI is InChI=1S/C17H16BBrF2N2S/c1-9-5-11(3)22-16(9)15(14-7-13(19)8-24-14)17-10(2)6-12(4)23(17)18(22,20)21/h5-8H,1-4H3. The van der Waals surface area contributed by atoms with Gasteiger partial charge < -0.3 is 17.6 Å². The fraction of sp³-hybridized carbons (Fsp3) is 0.235. The van der Waals surface area contributed by atoms with Crippen LogP contribution in [0.1, 0.15) is 35.7 Å². The van der Waals surface area contributed by atoms with Crippen LogP contribution in [0.15, 0.2) is 39.3 Å². The molecule has 0 unspecified atom stereocenters. The number of nitrogens with zero attached hydrogens (tertiary/aromatic N) is 2. The smallest absolute Gasteiger partial charge is 0.393 e. The molecular formula is C17H16BBrF2N2S. The maximum absolute atomic E-state index is 15.4. The highest BCUT2D eigenvalue weighted by Crippen LogP contribution is 2.45. The third-order valence-corrected chi connectivity index (χ3v) is 6.46. The van der Waals surface area contributed by atoms with E-state index < -0.39 is 6.97 Å². The topological polar surface area (TPSA) is 7.94 Å². The van der Waals surface area contributed by atoms with Crippen molar-refractivity contribution in [1.29, 1.82) is 0 Å². The Hall–Kier alpha value is -1.47. The van der Waals surface area contributed by atoms with Gasteiger partial charge in [-0.1, -0.05) is 0 Å². The Morgan fingerprint density at radius 2 is 1.88 bits per heavy atom. The second-order valence-corrected chi connectivity index (χ2v) is 8.29. The summed E-state index contributed by atoms with van der Waals surface area (Å²) in [6.07, 6.45) is 1.85. The van der Waals surface area contributed by atoms with Gasteiger partial charge in [-0.25, -0.2) is 0 Å². The summed E-state index contributed by atoms with van der Waals surface area (Å²) in [4.78, 5) is 0.998. The Kier molecular flexibility index (Phi) is 3.35. The normalized spacial score (nSPS) is 18.9. The molecule has 7 heteroatoms. The molecule has 0 N–H and O–H groups in total. The molecule has 0 amide bonds. The minimum Gasteiger partial charge on any atom is -0.393 e. The van der Waals surface area contributed by atoms with Gasteiger partial charge in [-0.15, -0.1) is 11.3 Å². The number of allylic oxidation sites excluding steroid dienone is 2. The first kappa shape index (κ1) is 16.0. The Labute approximate surface area is 152 Å². The minimum absolute atomic E-state index is 0.594. The summed E-state index contributed by atoms with van der Waals surface area (Å²) in [6, 6.07) is 3.86. The van der Waals surface area contributed by atoms with Crippen LogP contribution in [0, 0.1) is 13.8 Å². The van der Waals surface area contributed by atoms with Crippen LogP contribution in [0.4, 0.5) is 8.63 Å². The monoisotopic (exact) mass is 408 g/mol. The largest absolute Gasteiger partial charge is 0.737 e. The molecule has 0 radical (unpaired) electrons. The molecule has 124 valence electrons. The Morgan fingerprint density at radius 3 is 2.50 bits per heavy atom. The van der Waals surface area contributed by atoms with Crippen LogP contribution in [0.25, 0.3) is 5.57 Å². The van der Waals surface area contributed by atoms with E-state index in [1.54, 1.807) is 25.2 Å². The van der Waals surface area contributed by atoms with Gasteiger partial charge in [-0.2, -0.15) is 0 Å². The van der Waals surface area contributed by atoms with Gasteiger partial charge in [0, 0.05) is 39.0 Å². The predicted octanol–water partition coefficient (Wildman–Crippen LogP) is 5.36. The van der Waals surface area contributed by atoms with Crippen LogP contribution in [-0.2, 0) is 0 Å². The van der Waals surface area contributed by atoms with Gasteiger partial charge in [-0.3, -0.25) is 0 Å². The van der Waals surface area contributed by atoms with Crippen LogP contribution >= 0.6 is 27.3 Å². The first-order chi connectivity index (χ1) is 11.2. The molecule has 0 aliphatic carbocycles. The van der Waals surface area contributed by atoms with Crippen molar-refractivity contribution in [2.75, 3.05) is 0 Å². The summed E-state index contributed by atoms with van der Waals surface area (Å²) in [5.41, 5.74) is 5.14. The molecule has 24 heavy (non-hydrogen) atoms. The van der Waals surface area contributed by atoms with E-state index in [0.717, 1.165) is 26.1 Å². The molecule has 0 aromatic carbocycles. The van der Waals surface area contributed by atoms with Gasteiger partial charge in [0.1, 0.15) is 5.71 Å². The van der Waals surface area contributed by atoms with Gasteiger partial charge in [-0.05, 0) is 60.1 Å². The molecule has 0 saturated carbocycles. The Bertz CT molecular complexity index is 994. The fourth-order valence-electron chi connectivity index (χ4n) is 3.98. The summed E-state index contributed by atoms with van der Waals surface area (Å²) in [6.45, 7) is 3.44. The lowest BCUT2D eigenvalue weighted by atomic mass is 9.85. The zero-order valence-corrected chi connectivity index (χ0v) is 16.2. The van der Waals surface area contributed by atoms with E-state index in [1.165, 1.54) is 8.96 Å². The van der Waals surface area contributed by atoms with Crippen molar-refractivity contribution in [3.63, 3.8) is 0 Å². The second-order valence-electron chi connectivity index (χ2n) is 6.47. The molecular weight excluding hydrogens is 393 g/mol. The highest BCUT2D eigenvalue weighted by Gasteiger charge is 2.55. The number of fused-ring (bicyclic) bond motifs is 2. The number of hydrogen-bond donors (Lipinski definition) is 0. The molecule has 0 fully saturated rings. The Morgan fingerprint density at radius 1 is 1.17 bits per heavy atom. The van der Waals surface area contributed by atoms with E-state index >= 15 is 8.63 Å².